The molecule has 0 unspecified atom stereocenters. The Balaban J connectivity index is 1.77. The molecule has 2 atom stereocenters. The summed E-state index contributed by atoms with van der Waals surface area (Å²) in [7, 11) is 0. The van der Waals surface area contributed by atoms with Crippen molar-refractivity contribution in [3.8, 4) is 6.07 Å². The molecule has 0 aliphatic carbocycles. The van der Waals surface area contributed by atoms with E-state index in [9.17, 15) is 20.0 Å². The van der Waals surface area contributed by atoms with E-state index in [2.05, 4.69) is 22.2 Å². The number of aliphatic hydroxyl groups is 1. The summed E-state index contributed by atoms with van der Waals surface area (Å²) >= 11 is 0. The first kappa shape index (κ1) is 19.9. The molecule has 0 saturated carbocycles. The van der Waals surface area contributed by atoms with E-state index in [1.165, 1.54) is 6.92 Å². The van der Waals surface area contributed by atoms with E-state index in [1.54, 1.807) is 42.5 Å². The van der Waals surface area contributed by atoms with Gasteiger partial charge in [0, 0.05) is 22.0 Å². The zero-order chi connectivity index (χ0) is 20.8. The summed E-state index contributed by atoms with van der Waals surface area (Å²) in [6.07, 6.45) is -1.04. The van der Waals surface area contributed by atoms with Crippen molar-refractivity contribution in [2.24, 2.45) is 0 Å². The minimum absolute atomic E-state index is 0.396. The predicted octanol–water partition coefficient (Wildman–Crippen LogP) is 2.33. The van der Waals surface area contributed by atoms with Crippen molar-refractivity contribution >= 4 is 28.3 Å². The Morgan fingerprint density at radius 2 is 1.59 bits per heavy atom. The number of fused-ring (bicyclic) bond motifs is 1. The number of aliphatic hydroxyl groups excluding tert-OH is 1. The van der Waals surface area contributed by atoms with Gasteiger partial charge in [0.2, 0.25) is 0 Å². The number of hydrazine groups is 1. The first-order valence-electron chi connectivity index (χ1n) is 9.03. The molecule has 7 heteroatoms. The van der Waals surface area contributed by atoms with Crippen LogP contribution in [0.4, 0.5) is 5.69 Å². The number of amides is 2. The van der Waals surface area contributed by atoms with E-state index in [0.29, 0.717) is 16.8 Å². The van der Waals surface area contributed by atoms with Crippen molar-refractivity contribution in [3.05, 3.63) is 77.9 Å². The highest BCUT2D eigenvalue weighted by molar-refractivity contribution is 6.00. The number of carbonyl (C=O) groups is 2. The van der Waals surface area contributed by atoms with Gasteiger partial charge in [-0.15, -0.1) is 0 Å². The highest BCUT2D eigenvalue weighted by atomic mass is 16.3. The van der Waals surface area contributed by atoms with Crippen molar-refractivity contribution in [3.63, 3.8) is 0 Å². The molecule has 0 aliphatic heterocycles. The first-order chi connectivity index (χ1) is 14.0. The predicted molar refractivity (Wildman–Crippen MR) is 110 cm³/mol. The van der Waals surface area contributed by atoms with Crippen LogP contribution in [0.25, 0.3) is 10.8 Å². The molecule has 29 heavy (non-hydrogen) atoms. The Morgan fingerprint density at radius 1 is 0.931 bits per heavy atom. The van der Waals surface area contributed by atoms with Crippen LogP contribution in [0.15, 0.2) is 66.7 Å². The summed E-state index contributed by atoms with van der Waals surface area (Å²) in [5.74, 6) is -1.06. The largest absolute Gasteiger partial charge is 0.391 e. The summed E-state index contributed by atoms with van der Waals surface area (Å²) in [6.45, 7) is 1.47. The van der Waals surface area contributed by atoms with Gasteiger partial charge >= 0.3 is 0 Å². The van der Waals surface area contributed by atoms with Gasteiger partial charge in [-0.05, 0) is 31.2 Å². The zero-order valence-corrected chi connectivity index (χ0v) is 15.7. The molecule has 0 aromatic heterocycles. The zero-order valence-electron chi connectivity index (χ0n) is 15.7. The van der Waals surface area contributed by atoms with Crippen LogP contribution in [-0.4, -0.2) is 29.1 Å². The Labute approximate surface area is 167 Å². The second kappa shape index (κ2) is 8.87. The third kappa shape index (κ3) is 4.51. The number of anilines is 1. The average Bonchev–Trinajstić information content (AvgIpc) is 2.75. The van der Waals surface area contributed by atoms with E-state index in [1.807, 2.05) is 24.3 Å². The fourth-order valence-electron chi connectivity index (χ4n) is 2.95. The minimum atomic E-state index is -1.04. The van der Waals surface area contributed by atoms with Crippen LogP contribution < -0.4 is 16.2 Å². The summed E-state index contributed by atoms with van der Waals surface area (Å²) in [5, 5.41) is 23.9. The lowest BCUT2D eigenvalue weighted by molar-refractivity contribution is -0.124. The summed E-state index contributed by atoms with van der Waals surface area (Å²) in [6, 6.07) is 20.2. The second-order valence-electron chi connectivity index (χ2n) is 6.49. The molecule has 0 aliphatic rings. The molecular weight excluding hydrogens is 368 g/mol. The van der Waals surface area contributed by atoms with E-state index in [-0.39, 0.29) is 0 Å². The maximum atomic E-state index is 12.6. The van der Waals surface area contributed by atoms with Gasteiger partial charge in [-0.25, -0.2) is 0 Å². The average molecular weight is 388 g/mol. The highest BCUT2D eigenvalue weighted by Gasteiger charge is 2.25. The molecule has 3 aromatic rings. The number of hydrogen-bond donors (Lipinski definition) is 4. The SMILES string of the molecule is C[C@@H](O)[C@@H](Nc1ccc(C#N)c2ccccc12)C(=O)NNC(=O)c1ccccc1. The maximum absolute atomic E-state index is 12.6. The van der Waals surface area contributed by atoms with Crippen LogP contribution in [0, 0.1) is 11.3 Å². The van der Waals surface area contributed by atoms with E-state index in [4.69, 9.17) is 0 Å². The lowest BCUT2D eigenvalue weighted by atomic mass is 10.0. The fourth-order valence-corrected chi connectivity index (χ4v) is 2.95. The third-order valence-corrected chi connectivity index (χ3v) is 4.46. The monoisotopic (exact) mass is 388 g/mol. The molecular formula is C22H20N4O3. The first-order valence-corrected chi connectivity index (χ1v) is 9.03. The second-order valence-corrected chi connectivity index (χ2v) is 6.49. The molecule has 4 N–H and O–H groups in total. The van der Waals surface area contributed by atoms with E-state index >= 15 is 0 Å². The molecule has 146 valence electrons. The van der Waals surface area contributed by atoms with Gasteiger partial charge in [-0.3, -0.25) is 20.4 Å². The molecule has 0 spiro atoms. The van der Waals surface area contributed by atoms with Crippen molar-refractivity contribution in [2.75, 3.05) is 5.32 Å². The molecule has 0 saturated heterocycles. The Hall–Kier alpha value is -3.89. The molecule has 3 aromatic carbocycles. The standard InChI is InChI=1S/C22H20N4O3/c1-14(27)20(22(29)26-25-21(28)15-7-3-2-4-8-15)24-19-12-11-16(13-23)17-9-5-6-10-18(17)19/h2-12,14,20,24,27H,1H3,(H,25,28)(H,26,29)/t14-,20-/m1/s1. The molecule has 3 rings (SSSR count). The number of carbonyl (C=O) groups excluding carboxylic acids is 2. The van der Waals surface area contributed by atoms with E-state index in [0.717, 1.165) is 10.8 Å². The highest BCUT2D eigenvalue weighted by Crippen LogP contribution is 2.27. The summed E-state index contributed by atoms with van der Waals surface area (Å²) in [5.41, 5.74) is 6.18. The fraction of sp³-hybridized carbons (Fsp3) is 0.136. The van der Waals surface area contributed by atoms with Crippen LogP contribution in [0.2, 0.25) is 0 Å². The van der Waals surface area contributed by atoms with Crippen LogP contribution in [0.5, 0.6) is 0 Å². The number of nitrogens with zero attached hydrogens (tertiary/aromatic N) is 1. The Morgan fingerprint density at radius 3 is 2.24 bits per heavy atom. The molecule has 0 radical (unpaired) electrons. The van der Waals surface area contributed by atoms with Gasteiger partial charge in [-0.2, -0.15) is 5.26 Å². The smallest absolute Gasteiger partial charge is 0.269 e. The van der Waals surface area contributed by atoms with Gasteiger partial charge in [0.1, 0.15) is 6.04 Å². The number of benzene rings is 3. The van der Waals surface area contributed by atoms with E-state index < -0.39 is 24.0 Å². The van der Waals surface area contributed by atoms with Gasteiger partial charge < -0.3 is 10.4 Å². The molecule has 2 amide bonds. The minimum Gasteiger partial charge on any atom is -0.391 e. The van der Waals surface area contributed by atoms with Crippen molar-refractivity contribution in [1.82, 2.24) is 10.9 Å². The van der Waals surface area contributed by atoms with Gasteiger partial charge in [0.15, 0.2) is 0 Å². The van der Waals surface area contributed by atoms with Crippen LogP contribution >= 0.6 is 0 Å². The van der Waals surface area contributed by atoms with Crippen LogP contribution in [0.1, 0.15) is 22.8 Å². The third-order valence-electron chi connectivity index (χ3n) is 4.46. The van der Waals surface area contributed by atoms with Gasteiger partial charge in [-0.1, -0.05) is 42.5 Å². The topological polar surface area (TPSA) is 114 Å². The quantitative estimate of drug-likeness (QED) is 0.501. The number of nitriles is 1. The molecule has 0 bridgehead atoms. The normalized spacial score (nSPS) is 12.4. The number of nitrogens with one attached hydrogen (secondary N) is 3. The van der Waals surface area contributed by atoms with Gasteiger partial charge in [0.25, 0.3) is 11.8 Å². The van der Waals surface area contributed by atoms with Crippen LogP contribution in [0.3, 0.4) is 0 Å². The lowest BCUT2D eigenvalue weighted by Crippen LogP contribution is -2.52. The molecule has 0 heterocycles. The summed E-state index contributed by atoms with van der Waals surface area (Å²) in [4.78, 5) is 24.7. The van der Waals surface area contributed by atoms with Crippen LogP contribution in [-0.2, 0) is 4.79 Å². The van der Waals surface area contributed by atoms with Crippen molar-refractivity contribution in [1.29, 1.82) is 5.26 Å². The van der Waals surface area contributed by atoms with Crippen molar-refractivity contribution < 1.29 is 14.7 Å². The van der Waals surface area contributed by atoms with Crippen molar-refractivity contribution in [2.45, 2.75) is 19.1 Å². The Bertz CT molecular complexity index is 1070. The Kier molecular flexibility index (Phi) is 6.07. The van der Waals surface area contributed by atoms with Gasteiger partial charge in [0.05, 0.1) is 17.7 Å². The summed E-state index contributed by atoms with van der Waals surface area (Å²) < 4.78 is 0. The molecule has 0 fully saturated rings. The maximum Gasteiger partial charge on any atom is 0.269 e. The lowest BCUT2D eigenvalue weighted by Gasteiger charge is -2.23. The molecule has 7 nitrogen and oxygen atoms in total. The number of rotatable bonds is 5. The number of hydrogen-bond acceptors (Lipinski definition) is 5.